The van der Waals surface area contributed by atoms with Crippen molar-refractivity contribution in [3.05, 3.63) is 258 Å². The van der Waals surface area contributed by atoms with Gasteiger partial charge in [-0.05, 0) is 125 Å². The van der Waals surface area contributed by atoms with Crippen LogP contribution in [-0.4, -0.2) is 0 Å². The van der Waals surface area contributed by atoms with Gasteiger partial charge in [-0.2, -0.15) is 0 Å². The Labute approximate surface area is 363 Å². The standard InChI is InChI=1S/C60H43N/c1-59(2)55-26-13-11-23-52(55)54-25-15-24-50(58(54)59)41-30-32-45(33-31-41)61(46-34-36-49-42(38-46)29-28-40-16-9-10-21-48(40)49)47-35-37-53-51-22-12-14-27-56(51)60(57(53)39-47,43-17-5-3-6-18-43)44-19-7-4-8-20-44/h3-39H,1-2H3/i30D,31D,32D,33D. The number of nitrogens with zero attached hydrogens (tertiary/aromatic N) is 1. The van der Waals surface area contributed by atoms with E-state index in [1.165, 1.54) is 11.1 Å². The summed E-state index contributed by atoms with van der Waals surface area (Å²) in [5, 5.41) is 4.40. The van der Waals surface area contributed by atoms with Crippen molar-refractivity contribution in [2.75, 3.05) is 4.90 Å². The van der Waals surface area contributed by atoms with E-state index in [9.17, 15) is 5.48 Å². The maximum Gasteiger partial charge on any atom is 0.0714 e. The number of hydrogen-bond donors (Lipinski definition) is 0. The minimum Gasteiger partial charge on any atom is -0.310 e. The van der Waals surface area contributed by atoms with Gasteiger partial charge in [0.2, 0.25) is 0 Å². The summed E-state index contributed by atoms with van der Waals surface area (Å²) in [6.07, 6.45) is 0. The molecule has 0 atom stereocenters. The van der Waals surface area contributed by atoms with Gasteiger partial charge in [0.25, 0.3) is 0 Å². The maximum atomic E-state index is 10.0. The molecule has 0 radical (unpaired) electrons. The maximum absolute atomic E-state index is 10.0. The van der Waals surface area contributed by atoms with E-state index in [0.29, 0.717) is 5.56 Å². The van der Waals surface area contributed by atoms with E-state index in [4.69, 9.17) is 0 Å². The van der Waals surface area contributed by atoms with Crippen molar-refractivity contribution in [2.45, 2.75) is 24.7 Å². The fourth-order valence-electron chi connectivity index (χ4n) is 10.7. The molecule has 288 valence electrons. The predicted octanol–water partition coefficient (Wildman–Crippen LogP) is 15.8. The third-order valence-corrected chi connectivity index (χ3v) is 13.4. The highest BCUT2D eigenvalue weighted by Crippen LogP contribution is 2.58. The van der Waals surface area contributed by atoms with Crippen LogP contribution >= 0.6 is 0 Å². The molecular formula is C60H43N. The van der Waals surface area contributed by atoms with Crippen molar-refractivity contribution < 1.29 is 5.48 Å². The lowest BCUT2D eigenvalue weighted by Gasteiger charge is -2.35. The summed E-state index contributed by atoms with van der Waals surface area (Å²) in [6.45, 7) is 4.38. The van der Waals surface area contributed by atoms with Crippen molar-refractivity contribution >= 4 is 38.6 Å². The van der Waals surface area contributed by atoms with Gasteiger partial charge in [-0.1, -0.05) is 202 Å². The van der Waals surface area contributed by atoms with Crippen LogP contribution in [-0.2, 0) is 10.8 Å². The van der Waals surface area contributed by atoms with E-state index in [1.807, 2.05) is 23.1 Å². The van der Waals surface area contributed by atoms with E-state index < -0.39 is 10.8 Å². The topological polar surface area (TPSA) is 3.24 Å². The first kappa shape index (κ1) is 31.4. The molecule has 0 heterocycles. The van der Waals surface area contributed by atoms with Crippen molar-refractivity contribution in [3.63, 3.8) is 0 Å². The van der Waals surface area contributed by atoms with Gasteiger partial charge in [-0.3, -0.25) is 0 Å². The molecule has 1 nitrogen and oxygen atoms in total. The highest BCUT2D eigenvalue weighted by Gasteiger charge is 2.46. The quantitative estimate of drug-likeness (QED) is 0.152. The van der Waals surface area contributed by atoms with Gasteiger partial charge in [0.05, 0.1) is 10.9 Å². The molecule has 12 rings (SSSR count). The number of benzene rings is 10. The Bertz CT molecular complexity index is 3510. The molecule has 0 unspecified atom stereocenters. The summed E-state index contributed by atoms with van der Waals surface area (Å²) in [5.41, 5.74) is 12.8. The Morgan fingerprint density at radius 1 is 0.377 bits per heavy atom. The largest absolute Gasteiger partial charge is 0.310 e. The molecule has 2 aliphatic carbocycles. The first-order chi connectivity index (χ1) is 31.7. The Kier molecular flexibility index (Phi) is 6.97. The van der Waals surface area contributed by atoms with E-state index in [-0.39, 0.29) is 29.9 Å². The van der Waals surface area contributed by atoms with Gasteiger partial charge in [0.15, 0.2) is 0 Å². The van der Waals surface area contributed by atoms with Gasteiger partial charge in [0, 0.05) is 22.5 Å². The second-order valence-corrected chi connectivity index (χ2v) is 16.9. The fraction of sp³-hybridized carbons (Fsp3) is 0.0667. The van der Waals surface area contributed by atoms with E-state index in [0.717, 1.165) is 83.0 Å². The van der Waals surface area contributed by atoms with E-state index in [2.05, 4.69) is 196 Å². The minimum atomic E-state index is -0.685. The zero-order chi connectivity index (χ0) is 44.2. The lowest BCUT2D eigenvalue weighted by atomic mass is 9.67. The molecule has 0 amide bonds. The lowest BCUT2D eigenvalue weighted by molar-refractivity contribution is 0.662. The lowest BCUT2D eigenvalue weighted by Crippen LogP contribution is -2.28. The van der Waals surface area contributed by atoms with Crippen molar-refractivity contribution in [1.29, 1.82) is 0 Å². The zero-order valence-corrected chi connectivity index (χ0v) is 34.0. The molecule has 0 aromatic heterocycles. The molecule has 0 N–H and O–H groups in total. The van der Waals surface area contributed by atoms with Crippen LogP contribution in [0.15, 0.2) is 224 Å². The third-order valence-electron chi connectivity index (χ3n) is 13.4. The molecule has 1 heteroatoms. The second-order valence-electron chi connectivity index (χ2n) is 16.9. The summed E-state index contributed by atoms with van der Waals surface area (Å²) in [7, 11) is 0. The molecule has 10 aromatic carbocycles. The van der Waals surface area contributed by atoms with Crippen LogP contribution in [0.2, 0.25) is 0 Å². The fourth-order valence-corrected chi connectivity index (χ4v) is 10.7. The molecule has 0 saturated carbocycles. The smallest absolute Gasteiger partial charge is 0.0714 e. The summed E-state index contributed by atoms with van der Waals surface area (Å²) < 4.78 is 39.8. The van der Waals surface area contributed by atoms with Crippen LogP contribution in [0, 0.1) is 0 Å². The van der Waals surface area contributed by atoms with Crippen LogP contribution in [0.5, 0.6) is 0 Å². The van der Waals surface area contributed by atoms with Crippen molar-refractivity contribution in [2.24, 2.45) is 0 Å². The highest BCUT2D eigenvalue weighted by atomic mass is 15.1. The van der Waals surface area contributed by atoms with Crippen LogP contribution in [0.3, 0.4) is 0 Å². The summed E-state index contributed by atoms with van der Waals surface area (Å²) in [5.74, 6) is 0. The Morgan fingerprint density at radius 2 is 0.918 bits per heavy atom. The molecule has 0 aliphatic heterocycles. The van der Waals surface area contributed by atoms with Crippen molar-refractivity contribution in [3.8, 4) is 33.4 Å². The second kappa shape index (κ2) is 13.5. The molecule has 2 aliphatic rings. The summed E-state index contributed by atoms with van der Waals surface area (Å²) >= 11 is 0. The highest BCUT2D eigenvalue weighted by molar-refractivity contribution is 6.08. The first-order valence-electron chi connectivity index (χ1n) is 23.1. The normalized spacial score (nSPS) is 14.9. The SMILES string of the molecule is [2H]c1c([2H])c(N(c2ccc3c(c2)C(c2ccccc2)(c2ccccc2)c2ccccc2-3)c2ccc3c(ccc4ccccc43)c2)c([2H])c([2H])c1-c1cccc2c1C(C)(C)c1ccccc1-2. The average molecular weight is 782 g/mol. The predicted molar refractivity (Wildman–Crippen MR) is 256 cm³/mol. The van der Waals surface area contributed by atoms with Crippen LogP contribution in [0.1, 0.15) is 52.7 Å². The Balaban J connectivity index is 1.13. The molecule has 0 bridgehead atoms. The van der Waals surface area contributed by atoms with Crippen molar-refractivity contribution in [1.82, 2.24) is 0 Å². The first-order valence-corrected chi connectivity index (χ1v) is 21.1. The summed E-state index contributed by atoms with van der Waals surface area (Å²) in [6, 6.07) is 69.5. The zero-order valence-electron chi connectivity index (χ0n) is 38.0. The Hall–Kier alpha value is -7.48. The molecule has 0 spiro atoms. The molecule has 10 aromatic rings. The van der Waals surface area contributed by atoms with Gasteiger partial charge in [-0.15, -0.1) is 0 Å². The average Bonchev–Trinajstić information content (AvgIpc) is 3.78. The van der Waals surface area contributed by atoms with E-state index >= 15 is 0 Å². The number of anilines is 3. The summed E-state index contributed by atoms with van der Waals surface area (Å²) in [4.78, 5) is 1.96. The van der Waals surface area contributed by atoms with Crippen LogP contribution < -0.4 is 4.90 Å². The molecule has 0 saturated heterocycles. The van der Waals surface area contributed by atoms with Crippen LogP contribution in [0.4, 0.5) is 17.1 Å². The minimum absolute atomic E-state index is 0.0746. The Morgan fingerprint density at radius 3 is 1.67 bits per heavy atom. The molecular weight excluding hydrogens is 735 g/mol. The number of fused-ring (bicyclic) bond motifs is 9. The monoisotopic (exact) mass is 781 g/mol. The van der Waals surface area contributed by atoms with Gasteiger partial charge in [-0.25, -0.2) is 0 Å². The number of hydrogen-bond acceptors (Lipinski definition) is 1. The van der Waals surface area contributed by atoms with Crippen LogP contribution in [0.25, 0.3) is 54.9 Å². The number of rotatable bonds is 6. The third kappa shape index (κ3) is 5.20. The molecule has 0 fully saturated rings. The van der Waals surface area contributed by atoms with E-state index in [1.54, 1.807) is 0 Å². The van der Waals surface area contributed by atoms with Gasteiger partial charge < -0.3 is 4.90 Å². The van der Waals surface area contributed by atoms with Gasteiger partial charge >= 0.3 is 0 Å². The van der Waals surface area contributed by atoms with Gasteiger partial charge in [0.1, 0.15) is 0 Å². The molecule has 61 heavy (non-hydrogen) atoms.